The quantitative estimate of drug-likeness (QED) is 0.859. The lowest BCUT2D eigenvalue weighted by Crippen LogP contribution is -2.22. The Hall–Kier alpha value is -1.06. The third kappa shape index (κ3) is 1.70. The summed E-state index contributed by atoms with van der Waals surface area (Å²) in [6.45, 7) is 0. The maximum absolute atomic E-state index is 6.09. The van der Waals surface area contributed by atoms with Crippen LogP contribution < -0.4 is 5.73 Å². The highest BCUT2D eigenvalue weighted by Gasteiger charge is 2.37. The van der Waals surface area contributed by atoms with E-state index in [0.29, 0.717) is 5.15 Å². The zero-order chi connectivity index (χ0) is 11.2. The Morgan fingerprint density at radius 1 is 1.44 bits per heavy atom. The fourth-order valence-corrected chi connectivity index (χ4v) is 2.26. The van der Waals surface area contributed by atoms with Gasteiger partial charge in [0.1, 0.15) is 5.15 Å². The Morgan fingerprint density at radius 3 is 3.00 bits per heavy atom. The van der Waals surface area contributed by atoms with Crippen molar-refractivity contribution in [3.05, 3.63) is 28.9 Å². The second-order valence-electron chi connectivity index (χ2n) is 4.71. The van der Waals surface area contributed by atoms with Gasteiger partial charge in [-0.3, -0.25) is 5.10 Å². The van der Waals surface area contributed by atoms with Gasteiger partial charge in [-0.1, -0.05) is 23.7 Å². The maximum atomic E-state index is 6.09. The van der Waals surface area contributed by atoms with Gasteiger partial charge in [-0.25, -0.2) is 0 Å². The van der Waals surface area contributed by atoms with Crippen molar-refractivity contribution < 1.29 is 0 Å². The van der Waals surface area contributed by atoms with E-state index in [9.17, 15) is 0 Å². The number of benzene rings is 1. The largest absolute Gasteiger partial charge is 0.325 e. The van der Waals surface area contributed by atoms with Crippen LogP contribution in [0.4, 0.5) is 0 Å². The van der Waals surface area contributed by atoms with Crippen molar-refractivity contribution in [3.63, 3.8) is 0 Å². The number of fused-ring (bicyclic) bond motifs is 1. The molecule has 0 spiro atoms. The molecule has 1 heterocycles. The molecule has 0 saturated heterocycles. The van der Waals surface area contributed by atoms with Crippen LogP contribution in [0.1, 0.15) is 24.8 Å². The SMILES string of the molecule is NC1(CCc2cccc3c(Cl)[nH]nc23)CC1. The second kappa shape index (κ2) is 3.47. The monoisotopic (exact) mass is 235 g/mol. The number of aromatic nitrogens is 2. The van der Waals surface area contributed by atoms with Crippen LogP contribution >= 0.6 is 11.6 Å². The first-order chi connectivity index (χ1) is 7.68. The molecule has 1 aromatic carbocycles. The van der Waals surface area contributed by atoms with Gasteiger partial charge in [0, 0.05) is 10.9 Å². The van der Waals surface area contributed by atoms with Gasteiger partial charge in [-0.2, -0.15) is 5.10 Å². The van der Waals surface area contributed by atoms with Crippen molar-refractivity contribution >= 4 is 22.5 Å². The van der Waals surface area contributed by atoms with Gasteiger partial charge < -0.3 is 5.73 Å². The lowest BCUT2D eigenvalue weighted by Gasteiger charge is -2.08. The Morgan fingerprint density at radius 2 is 2.25 bits per heavy atom. The van der Waals surface area contributed by atoms with Crippen molar-refractivity contribution in [2.75, 3.05) is 0 Å². The molecule has 0 atom stereocenters. The van der Waals surface area contributed by atoms with Crippen LogP contribution in [0.15, 0.2) is 18.2 Å². The van der Waals surface area contributed by atoms with Gasteiger partial charge in [0.05, 0.1) is 5.52 Å². The summed E-state index contributed by atoms with van der Waals surface area (Å²) >= 11 is 6.00. The summed E-state index contributed by atoms with van der Waals surface area (Å²) in [5.74, 6) is 0. The van der Waals surface area contributed by atoms with E-state index >= 15 is 0 Å². The third-order valence-electron chi connectivity index (χ3n) is 3.41. The van der Waals surface area contributed by atoms with Gasteiger partial charge >= 0.3 is 0 Å². The number of nitrogens with one attached hydrogen (secondary N) is 1. The van der Waals surface area contributed by atoms with Crippen LogP contribution in [0, 0.1) is 0 Å². The molecule has 0 radical (unpaired) electrons. The zero-order valence-electron chi connectivity index (χ0n) is 8.96. The van der Waals surface area contributed by atoms with E-state index in [0.717, 1.165) is 36.6 Å². The number of para-hydroxylation sites is 1. The van der Waals surface area contributed by atoms with Gasteiger partial charge in [0.25, 0.3) is 0 Å². The highest BCUT2D eigenvalue weighted by atomic mass is 35.5. The Kier molecular flexibility index (Phi) is 2.19. The summed E-state index contributed by atoms with van der Waals surface area (Å²) in [6, 6.07) is 6.11. The van der Waals surface area contributed by atoms with Crippen LogP contribution in [0.3, 0.4) is 0 Å². The second-order valence-corrected chi connectivity index (χ2v) is 5.09. The zero-order valence-corrected chi connectivity index (χ0v) is 9.72. The van der Waals surface area contributed by atoms with E-state index in [4.69, 9.17) is 17.3 Å². The normalized spacial score (nSPS) is 17.9. The fraction of sp³-hybridized carbons (Fsp3) is 0.417. The Labute approximate surface area is 99.0 Å². The molecule has 0 bridgehead atoms. The summed E-state index contributed by atoms with van der Waals surface area (Å²) in [5, 5.41) is 8.67. The summed E-state index contributed by atoms with van der Waals surface area (Å²) in [4.78, 5) is 0. The van der Waals surface area contributed by atoms with Crippen LogP contribution in [-0.4, -0.2) is 15.7 Å². The molecule has 84 valence electrons. The molecule has 3 rings (SSSR count). The molecule has 1 saturated carbocycles. The number of aryl methyl sites for hydroxylation is 1. The van der Waals surface area contributed by atoms with E-state index in [2.05, 4.69) is 16.3 Å². The topological polar surface area (TPSA) is 54.7 Å². The number of nitrogens with two attached hydrogens (primary N) is 1. The van der Waals surface area contributed by atoms with E-state index in [-0.39, 0.29) is 5.54 Å². The Bertz CT molecular complexity index is 528. The first kappa shape index (κ1) is 10.1. The molecule has 16 heavy (non-hydrogen) atoms. The summed E-state index contributed by atoms with van der Waals surface area (Å²) in [7, 11) is 0. The summed E-state index contributed by atoms with van der Waals surface area (Å²) < 4.78 is 0. The highest BCUT2D eigenvalue weighted by Crippen LogP contribution is 2.37. The standard InChI is InChI=1S/C12H14ClN3/c13-11-9-3-1-2-8(10(9)15-16-11)4-5-12(14)6-7-12/h1-3H,4-7,14H2,(H,15,16). The first-order valence-electron chi connectivity index (χ1n) is 5.58. The molecule has 3 N–H and O–H groups in total. The molecule has 2 aromatic rings. The van der Waals surface area contributed by atoms with Crippen molar-refractivity contribution in [2.45, 2.75) is 31.2 Å². The van der Waals surface area contributed by atoms with Crippen molar-refractivity contribution in [1.29, 1.82) is 0 Å². The molecular formula is C12H14ClN3. The van der Waals surface area contributed by atoms with Crippen molar-refractivity contribution in [2.24, 2.45) is 5.73 Å². The molecule has 0 amide bonds. The molecule has 1 aliphatic rings. The number of hydrogen-bond acceptors (Lipinski definition) is 2. The first-order valence-corrected chi connectivity index (χ1v) is 5.96. The number of rotatable bonds is 3. The van der Waals surface area contributed by atoms with Crippen molar-refractivity contribution in [1.82, 2.24) is 10.2 Å². The van der Waals surface area contributed by atoms with Gasteiger partial charge in [-0.05, 0) is 37.3 Å². The van der Waals surface area contributed by atoms with Crippen LogP contribution in [0.2, 0.25) is 5.15 Å². The van der Waals surface area contributed by atoms with Crippen LogP contribution in [0.5, 0.6) is 0 Å². The predicted molar refractivity (Wildman–Crippen MR) is 65.6 cm³/mol. The average molecular weight is 236 g/mol. The number of nitrogens with zero attached hydrogens (tertiary/aromatic N) is 1. The molecule has 0 aliphatic heterocycles. The predicted octanol–water partition coefficient (Wildman–Crippen LogP) is 2.64. The molecule has 4 heteroatoms. The van der Waals surface area contributed by atoms with Gasteiger partial charge in [0.15, 0.2) is 0 Å². The highest BCUT2D eigenvalue weighted by molar-refractivity contribution is 6.34. The third-order valence-corrected chi connectivity index (χ3v) is 3.69. The average Bonchev–Trinajstić information content (AvgIpc) is 2.90. The lowest BCUT2D eigenvalue weighted by molar-refractivity contribution is 0.610. The molecular weight excluding hydrogens is 222 g/mol. The number of H-pyrrole nitrogens is 1. The van der Waals surface area contributed by atoms with E-state index in [1.54, 1.807) is 0 Å². The molecule has 1 fully saturated rings. The Balaban J connectivity index is 1.90. The van der Waals surface area contributed by atoms with E-state index in [1.807, 2.05) is 12.1 Å². The van der Waals surface area contributed by atoms with Gasteiger partial charge in [-0.15, -0.1) is 0 Å². The molecule has 0 unspecified atom stereocenters. The van der Waals surface area contributed by atoms with Crippen molar-refractivity contribution in [3.8, 4) is 0 Å². The number of aromatic amines is 1. The van der Waals surface area contributed by atoms with E-state index in [1.165, 1.54) is 5.56 Å². The minimum Gasteiger partial charge on any atom is -0.325 e. The van der Waals surface area contributed by atoms with Crippen LogP contribution in [-0.2, 0) is 6.42 Å². The maximum Gasteiger partial charge on any atom is 0.132 e. The summed E-state index contributed by atoms with van der Waals surface area (Å²) in [5.41, 5.74) is 8.41. The van der Waals surface area contributed by atoms with Crippen LogP contribution in [0.25, 0.3) is 10.9 Å². The molecule has 1 aliphatic carbocycles. The number of hydrogen-bond donors (Lipinski definition) is 2. The molecule has 3 nitrogen and oxygen atoms in total. The summed E-state index contributed by atoms with van der Waals surface area (Å²) in [6.07, 6.45) is 4.33. The smallest absolute Gasteiger partial charge is 0.132 e. The van der Waals surface area contributed by atoms with Gasteiger partial charge in [0.2, 0.25) is 0 Å². The molecule has 1 aromatic heterocycles. The van der Waals surface area contributed by atoms with E-state index < -0.39 is 0 Å². The fourth-order valence-electron chi connectivity index (χ4n) is 2.06. The number of halogens is 1. The minimum atomic E-state index is 0.0995. The minimum absolute atomic E-state index is 0.0995. The lowest BCUT2D eigenvalue weighted by atomic mass is 10.0.